The van der Waals surface area contributed by atoms with Gasteiger partial charge in [0.1, 0.15) is 19.3 Å². The summed E-state index contributed by atoms with van der Waals surface area (Å²) < 4.78 is 34.7. The van der Waals surface area contributed by atoms with Gasteiger partial charge in [0.2, 0.25) is 0 Å². The third kappa shape index (κ3) is 45.8. The van der Waals surface area contributed by atoms with Crippen molar-refractivity contribution >= 4 is 13.8 Å². The zero-order valence-corrected chi connectivity index (χ0v) is 39.6. The zero-order chi connectivity index (χ0) is 42.7. The van der Waals surface area contributed by atoms with E-state index in [4.69, 9.17) is 18.5 Å². The summed E-state index contributed by atoms with van der Waals surface area (Å²) in [6.07, 6.45) is 50.2. The third-order valence-corrected chi connectivity index (χ3v) is 11.4. The topological polar surface area (TPSA) is 94.1 Å². The molecule has 0 saturated carbocycles. The van der Waals surface area contributed by atoms with Crippen molar-refractivity contribution in [1.29, 1.82) is 0 Å². The lowest BCUT2D eigenvalue weighted by atomic mass is 10.0. The maximum Gasteiger partial charge on any atom is 0.306 e. The Balaban J connectivity index is 4.16. The molecule has 0 aromatic heterocycles. The molecule has 0 aliphatic heterocycles. The number of ether oxygens (including phenoxy) is 2. The Labute approximate surface area is 359 Å². The number of carbonyl (C=O) groups is 1. The molecule has 2 unspecified atom stereocenters. The van der Waals surface area contributed by atoms with Crippen molar-refractivity contribution in [2.45, 2.75) is 219 Å². The molecule has 58 heavy (non-hydrogen) atoms. The highest BCUT2D eigenvalue weighted by atomic mass is 31.2. The minimum Gasteiger partial charge on any atom is -0.756 e. The van der Waals surface area contributed by atoms with Crippen LogP contribution in [0.15, 0.2) is 36.5 Å². The van der Waals surface area contributed by atoms with Gasteiger partial charge in [-0.05, 0) is 44.9 Å². The van der Waals surface area contributed by atoms with Gasteiger partial charge >= 0.3 is 5.97 Å². The monoisotopic (exact) mass is 840 g/mol. The normalized spacial score (nSPS) is 14.0. The van der Waals surface area contributed by atoms with E-state index in [1.54, 1.807) is 0 Å². The van der Waals surface area contributed by atoms with Crippen molar-refractivity contribution in [3.05, 3.63) is 36.5 Å². The highest BCUT2D eigenvalue weighted by Crippen LogP contribution is 2.38. The van der Waals surface area contributed by atoms with E-state index in [1.807, 2.05) is 21.1 Å². The zero-order valence-electron chi connectivity index (χ0n) is 38.7. The second-order valence-corrected chi connectivity index (χ2v) is 18.9. The second kappa shape index (κ2) is 42.4. The summed E-state index contributed by atoms with van der Waals surface area (Å²) in [5.74, 6) is -0.336. The van der Waals surface area contributed by atoms with Gasteiger partial charge in [-0.3, -0.25) is 9.36 Å². The van der Waals surface area contributed by atoms with Crippen molar-refractivity contribution in [3.63, 3.8) is 0 Å². The summed E-state index contributed by atoms with van der Waals surface area (Å²) in [5, 5.41) is 0. The van der Waals surface area contributed by atoms with Crippen molar-refractivity contribution in [1.82, 2.24) is 0 Å². The molecule has 0 N–H and O–H groups in total. The number of rotatable bonds is 45. The van der Waals surface area contributed by atoms with Gasteiger partial charge in [-0.2, -0.15) is 0 Å². The summed E-state index contributed by atoms with van der Waals surface area (Å²) in [6, 6.07) is 0. The van der Waals surface area contributed by atoms with Gasteiger partial charge in [0.05, 0.1) is 34.4 Å². The number of phosphoric ester groups is 1. The molecule has 2 atom stereocenters. The third-order valence-electron chi connectivity index (χ3n) is 10.5. The van der Waals surface area contributed by atoms with Crippen molar-refractivity contribution in [2.24, 2.45) is 0 Å². The van der Waals surface area contributed by atoms with Crippen LogP contribution in [-0.2, 0) is 27.9 Å². The first-order chi connectivity index (χ1) is 28.1. The Morgan fingerprint density at radius 3 is 1.50 bits per heavy atom. The molecule has 0 aliphatic rings. The standard InChI is InChI=1S/C49H94NO7P/c1-6-8-10-12-14-16-18-20-22-24-25-26-27-28-30-32-34-36-38-40-42-49(51)57-48(47-56-58(52,53)55-45-43-50(3,4)5)46-54-44-41-39-37-35-33-31-29-23-21-19-17-15-13-11-9-7-2/h9,11,15,17,21,23,48H,6-8,10,12-14,16,18-20,22,24-47H2,1-5H3/b11-9-,17-15-,23-21-. The summed E-state index contributed by atoms with van der Waals surface area (Å²) in [4.78, 5) is 25.1. The van der Waals surface area contributed by atoms with Crippen LogP contribution in [0.2, 0.25) is 0 Å². The van der Waals surface area contributed by atoms with Crippen LogP contribution in [0.25, 0.3) is 0 Å². The molecule has 9 heteroatoms. The first kappa shape index (κ1) is 56.7. The van der Waals surface area contributed by atoms with Gasteiger partial charge in [-0.15, -0.1) is 0 Å². The molecule has 0 fully saturated rings. The fourth-order valence-electron chi connectivity index (χ4n) is 6.74. The molecule has 0 radical (unpaired) electrons. The molecule has 0 bridgehead atoms. The van der Waals surface area contributed by atoms with E-state index in [1.165, 1.54) is 128 Å². The fraction of sp³-hybridized carbons (Fsp3) is 0.857. The number of allylic oxidation sites excluding steroid dienone is 6. The van der Waals surface area contributed by atoms with Crippen LogP contribution in [-0.4, -0.2) is 70.7 Å². The molecule has 0 saturated heterocycles. The van der Waals surface area contributed by atoms with Crippen LogP contribution in [0.4, 0.5) is 0 Å². The van der Waals surface area contributed by atoms with Gasteiger partial charge in [0.15, 0.2) is 0 Å². The van der Waals surface area contributed by atoms with Gasteiger partial charge in [-0.25, -0.2) is 0 Å². The lowest BCUT2D eigenvalue weighted by Gasteiger charge is -2.28. The van der Waals surface area contributed by atoms with Gasteiger partial charge in [-0.1, -0.05) is 198 Å². The van der Waals surface area contributed by atoms with Crippen LogP contribution >= 0.6 is 7.82 Å². The Hall–Kier alpha value is -1.28. The van der Waals surface area contributed by atoms with Crippen LogP contribution in [0, 0.1) is 0 Å². The molecule has 0 aliphatic carbocycles. The van der Waals surface area contributed by atoms with E-state index >= 15 is 0 Å². The fourth-order valence-corrected chi connectivity index (χ4v) is 7.47. The average molecular weight is 840 g/mol. The van der Waals surface area contributed by atoms with Gasteiger partial charge in [0.25, 0.3) is 7.82 Å². The minimum atomic E-state index is -4.53. The summed E-state index contributed by atoms with van der Waals surface area (Å²) in [5.41, 5.74) is 0. The lowest BCUT2D eigenvalue weighted by molar-refractivity contribution is -0.870. The number of hydrogen-bond donors (Lipinski definition) is 0. The molecular formula is C49H94NO7P. The van der Waals surface area contributed by atoms with Gasteiger partial charge in [0, 0.05) is 13.0 Å². The Bertz CT molecular complexity index is 1020. The first-order valence-corrected chi connectivity index (χ1v) is 25.7. The predicted molar refractivity (Wildman–Crippen MR) is 245 cm³/mol. The summed E-state index contributed by atoms with van der Waals surface area (Å²) in [6.45, 7) is 5.30. The number of phosphoric acid groups is 1. The molecule has 0 amide bonds. The maximum absolute atomic E-state index is 12.7. The smallest absolute Gasteiger partial charge is 0.306 e. The van der Waals surface area contributed by atoms with Crippen LogP contribution in [0.3, 0.4) is 0 Å². The second-order valence-electron chi connectivity index (χ2n) is 17.4. The predicted octanol–water partition coefficient (Wildman–Crippen LogP) is 13.9. The molecule has 342 valence electrons. The Morgan fingerprint density at radius 2 is 1.00 bits per heavy atom. The molecule has 0 spiro atoms. The highest BCUT2D eigenvalue weighted by Gasteiger charge is 2.20. The average Bonchev–Trinajstić information content (AvgIpc) is 3.18. The molecule has 0 aromatic carbocycles. The highest BCUT2D eigenvalue weighted by molar-refractivity contribution is 7.45. The number of quaternary nitrogens is 1. The summed E-state index contributed by atoms with van der Waals surface area (Å²) >= 11 is 0. The van der Waals surface area contributed by atoms with E-state index in [2.05, 4.69) is 50.3 Å². The maximum atomic E-state index is 12.7. The van der Waals surface area contributed by atoms with Crippen LogP contribution < -0.4 is 4.89 Å². The molecule has 0 aromatic rings. The Kier molecular flexibility index (Phi) is 41.5. The SMILES string of the molecule is CC/C=C\C/C=C\C/C=C\CCCCCCCCOCC(COP(=O)([O-])OCC[N+](C)(C)C)OC(=O)CCCCCCCCCCCCCCCCCCCCCC. The van der Waals surface area contributed by atoms with E-state index in [0.717, 1.165) is 64.2 Å². The molecule has 8 nitrogen and oxygen atoms in total. The summed E-state index contributed by atoms with van der Waals surface area (Å²) in [7, 11) is 1.35. The number of likely N-dealkylation sites (N-methyl/N-ethyl adjacent to an activating group) is 1. The molecule has 0 heterocycles. The number of hydrogen-bond acceptors (Lipinski definition) is 7. The number of carbonyl (C=O) groups excluding carboxylic acids is 1. The molecule has 0 rings (SSSR count). The number of nitrogens with zero attached hydrogens (tertiary/aromatic N) is 1. The van der Waals surface area contributed by atoms with E-state index in [-0.39, 0.29) is 25.8 Å². The minimum absolute atomic E-state index is 0.0242. The van der Waals surface area contributed by atoms with Crippen molar-refractivity contribution in [3.8, 4) is 0 Å². The van der Waals surface area contributed by atoms with Gasteiger partial charge < -0.3 is 27.9 Å². The van der Waals surface area contributed by atoms with Crippen molar-refractivity contribution in [2.75, 3.05) is 54.1 Å². The quantitative estimate of drug-likeness (QED) is 0.0198. The van der Waals surface area contributed by atoms with Crippen molar-refractivity contribution < 1.29 is 37.3 Å². The Morgan fingerprint density at radius 1 is 0.552 bits per heavy atom. The first-order valence-electron chi connectivity index (χ1n) is 24.2. The van der Waals surface area contributed by atoms with E-state index in [0.29, 0.717) is 24.1 Å². The van der Waals surface area contributed by atoms with Crippen LogP contribution in [0.5, 0.6) is 0 Å². The van der Waals surface area contributed by atoms with E-state index < -0.39 is 13.9 Å². The number of unbranched alkanes of at least 4 members (excludes halogenated alkanes) is 25. The largest absolute Gasteiger partial charge is 0.756 e. The van der Waals surface area contributed by atoms with E-state index in [9.17, 15) is 14.3 Å². The lowest BCUT2D eigenvalue weighted by Crippen LogP contribution is -2.37. The number of esters is 1. The van der Waals surface area contributed by atoms with Crippen LogP contribution in [0.1, 0.15) is 213 Å². The molecular weight excluding hydrogens is 746 g/mol.